The SMILES string of the molecule is COC(=O)c1ccc(Cl)c(NC(=S)N[C@@H](C)c2ccc(F)cc2)c1. The second kappa shape index (κ2) is 8.08. The quantitative estimate of drug-likeness (QED) is 0.623. The van der Waals surface area contributed by atoms with E-state index in [9.17, 15) is 9.18 Å². The molecule has 0 aliphatic heterocycles. The van der Waals surface area contributed by atoms with E-state index >= 15 is 0 Å². The van der Waals surface area contributed by atoms with Crippen molar-refractivity contribution in [2.75, 3.05) is 12.4 Å². The highest BCUT2D eigenvalue weighted by Crippen LogP contribution is 2.24. The molecule has 0 fully saturated rings. The predicted octanol–water partition coefficient (Wildman–Crippen LogP) is 4.31. The first-order valence-electron chi connectivity index (χ1n) is 7.11. The van der Waals surface area contributed by atoms with E-state index in [1.165, 1.54) is 19.2 Å². The Hall–Kier alpha value is -2.18. The number of thiocarbonyl (C=S) groups is 1. The minimum atomic E-state index is -0.465. The lowest BCUT2D eigenvalue weighted by molar-refractivity contribution is 0.0601. The molecule has 0 amide bonds. The lowest BCUT2D eigenvalue weighted by Crippen LogP contribution is -2.31. The van der Waals surface area contributed by atoms with Crippen LogP contribution in [0.5, 0.6) is 0 Å². The molecule has 126 valence electrons. The molecular formula is C17H16ClFN2O2S. The van der Waals surface area contributed by atoms with Crippen molar-refractivity contribution < 1.29 is 13.9 Å². The average Bonchev–Trinajstić information content (AvgIpc) is 2.56. The molecule has 0 radical (unpaired) electrons. The highest BCUT2D eigenvalue weighted by Gasteiger charge is 2.12. The van der Waals surface area contributed by atoms with Crippen molar-refractivity contribution in [1.29, 1.82) is 0 Å². The smallest absolute Gasteiger partial charge is 0.337 e. The van der Waals surface area contributed by atoms with Gasteiger partial charge in [-0.05, 0) is 55.0 Å². The van der Waals surface area contributed by atoms with Crippen molar-refractivity contribution in [3.8, 4) is 0 Å². The normalized spacial score (nSPS) is 11.5. The fourth-order valence-electron chi connectivity index (χ4n) is 2.06. The maximum absolute atomic E-state index is 13.0. The second-order valence-corrected chi connectivity index (χ2v) is 5.87. The number of anilines is 1. The third-order valence-corrected chi connectivity index (χ3v) is 3.90. The van der Waals surface area contributed by atoms with Crippen molar-refractivity contribution in [2.24, 2.45) is 0 Å². The number of hydrogen-bond acceptors (Lipinski definition) is 3. The minimum absolute atomic E-state index is 0.131. The van der Waals surface area contributed by atoms with Crippen molar-refractivity contribution in [2.45, 2.75) is 13.0 Å². The predicted molar refractivity (Wildman–Crippen MR) is 97.0 cm³/mol. The molecule has 0 bridgehead atoms. The third-order valence-electron chi connectivity index (χ3n) is 3.35. The van der Waals surface area contributed by atoms with Gasteiger partial charge in [-0.2, -0.15) is 0 Å². The lowest BCUT2D eigenvalue weighted by Gasteiger charge is -2.18. The molecule has 0 aliphatic carbocycles. The van der Waals surface area contributed by atoms with Gasteiger partial charge in [-0.3, -0.25) is 0 Å². The van der Waals surface area contributed by atoms with Crippen LogP contribution in [0.25, 0.3) is 0 Å². The zero-order chi connectivity index (χ0) is 17.7. The Balaban J connectivity index is 2.06. The summed E-state index contributed by atoms with van der Waals surface area (Å²) in [5.41, 5.74) is 1.73. The van der Waals surface area contributed by atoms with Crippen molar-refractivity contribution in [3.63, 3.8) is 0 Å². The summed E-state index contributed by atoms with van der Waals surface area (Å²) in [6, 6.07) is 10.7. The number of hydrogen-bond donors (Lipinski definition) is 2. The van der Waals surface area contributed by atoms with Gasteiger partial charge in [0.25, 0.3) is 0 Å². The maximum Gasteiger partial charge on any atom is 0.337 e. The number of benzene rings is 2. The van der Waals surface area contributed by atoms with Gasteiger partial charge in [0.2, 0.25) is 0 Å². The first kappa shape index (κ1) is 18.2. The van der Waals surface area contributed by atoms with E-state index in [-0.39, 0.29) is 11.9 Å². The highest BCUT2D eigenvalue weighted by atomic mass is 35.5. The number of nitrogens with one attached hydrogen (secondary N) is 2. The Bertz CT molecular complexity index is 753. The summed E-state index contributed by atoms with van der Waals surface area (Å²) in [7, 11) is 1.31. The highest BCUT2D eigenvalue weighted by molar-refractivity contribution is 7.80. The zero-order valence-corrected chi connectivity index (χ0v) is 14.7. The van der Waals surface area contributed by atoms with Crippen LogP contribution in [0.4, 0.5) is 10.1 Å². The summed E-state index contributed by atoms with van der Waals surface area (Å²) in [5, 5.41) is 6.77. The van der Waals surface area contributed by atoms with Gasteiger partial charge in [-0.15, -0.1) is 0 Å². The lowest BCUT2D eigenvalue weighted by atomic mass is 10.1. The van der Waals surface area contributed by atoms with E-state index in [4.69, 9.17) is 23.8 Å². The van der Waals surface area contributed by atoms with Crippen LogP contribution >= 0.6 is 23.8 Å². The Labute approximate surface area is 150 Å². The molecule has 2 aromatic carbocycles. The monoisotopic (exact) mass is 366 g/mol. The summed E-state index contributed by atoms with van der Waals surface area (Å²) in [6.07, 6.45) is 0. The first-order valence-corrected chi connectivity index (χ1v) is 7.90. The van der Waals surface area contributed by atoms with Crippen LogP contribution in [0.1, 0.15) is 28.9 Å². The number of rotatable bonds is 4. The summed E-state index contributed by atoms with van der Waals surface area (Å²) in [4.78, 5) is 11.6. The summed E-state index contributed by atoms with van der Waals surface area (Å²) in [5.74, 6) is -0.758. The molecule has 24 heavy (non-hydrogen) atoms. The van der Waals surface area contributed by atoms with E-state index in [0.29, 0.717) is 21.4 Å². The van der Waals surface area contributed by atoms with Crippen LogP contribution in [0.2, 0.25) is 5.02 Å². The number of halogens is 2. The van der Waals surface area contributed by atoms with Crippen LogP contribution in [0, 0.1) is 5.82 Å². The van der Waals surface area contributed by atoms with Gasteiger partial charge in [-0.1, -0.05) is 23.7 Å². The van der Waals surface area contributed by atoms with Gasteiger partial charge in [0, 0.05) is 0 Å². The summed E-state index contributed by atoms with van der Waals surface area (Å²) >= 11 is 11.4. The Kier molecular flexibility index (Phi) is 6.11. The van der Waals surface area contributed by atoms with Gasteiger partial charge in [0.1, 0.15) is 5.82 Å². The molecule has 0 unspecified atom stereocenters. The largest absolute Gasteiger partial charge is 0.465 e. The minimum Gasteiger partial charge on any atom is -0.465 e. The van der Waals surface area contributed by atoms with Crippen LogP contribution in [0.15, 0.2) is 42.5 Å². The molecule has 1 atom stereocenters. The molecule has 0 heterocycles. The number of carbonyl (C=O) groups is 1. The third kappa shape index (κ3) is 4.66. The Morgan fingerprint density at radius 1 is 1.25 bits per heavy atom. The van der Waals surface area contributed by atoms with E-state index in [1.54, 1.807) is 30.3 Å². The zero-order valence-electron chi connectivity index (χ0n) is 13.1. The topological polar surface area (TPSA) is 50.4 Å². The molecular weight excluding hydrogens is 351 g/mol. The van der Waals surface area contributed by atoms with Crippen molar-refractivity contribution >= 4 is 40.6 Å². The molecule has 2 N–H and O–H groups in total. The molecule has 0 saturated heterocycles. The molecule has 2 rings (SSSR count). The standard InChI is InChI=1S/C17H16ClFN2O2S/c1-10(11-3-6-13(19)7-4-11)20-17(24)21-15-9-12(16(22)23-2)5-8-14(15)18/h3-10H,1-2H3,(H2,20,21,24)/t10-/m0/s1. The molecule has 0 aliphatic rings. The Morgan fingerprint density at radius 3 is 2.54 bits per heavy atom. The van der Waals surface area contributed by atoms with Crippen LogP contribution in [-0.2, 0) is 4.74 Å². The average molecular weight is 367 g/mol. The van der Waals surface area contributed by atoms with E-state index < -0.39 is 5.97 Å². The summed E-state index contributed by atoms with van der Waals surface area (Å²) in [6.45, 7) is 1.90. The summed E-state index contributed by atoms with van der Waals surface area (Å²) < 4.78 is 17.6. The van der Waals surface area contributed by atoms with Crippen molar-refractivity contribution in [1.82, 2.24) is 5.32 Å². The molecule has 4 nitrogen and oxygen atoms in total. The van der Waals surface area contributed by atoms with E-state index in [2.05, 4.69) is 15.4 Å². The van der Waals surface area contributed by atoms with Crippen LogP contribution < -0.4 is 10.6 Å². The van der Waals surface area contributed by atoms with Gasteiger partial charge in [-0.25, -0.2) is 9.18 Å². The van der Waals surface area contributed by atoms with Crippen molar-refractivity contribution in [3.05, 3.63) is 64.4 Å². The molecule has 0 spiro atoms. The second-order valence-electron chi connectivity index (χ2n) is 5.06. The molecule has 0 aromatic heterocycles. The molecule has 7 heteroatoms. The fraction of sp³-hybridized carbons (Fsp3) is 0.176. The number of carbonyl (C=O) groups excluding carboxylic acids is 1. The fourth-order valence-corrected chi connectivity index (χ4v) is 2.51. The van der Waals surface area contributed by atoms with Gasteiger partial charge in [0.05, 0.1) is 29.4 Å². The maximum atomic E-state index is 13.0. The Morgan fingerprint density at radius 2 is 1.92 bits per heavy atom. The first-order chi connectivity index (χ1) is 11.4. The van der Waals surface area contributed by atoms with E-state index in [0.717, 1.165) is 5.56 Å². The van der Waals surface area contributed by atoms with Gasteiger partial charge < -0.3 is 15.4 Å². The molecule has 2 aromatic rings. The van der Waals surface area contributed by atoms with Gasteiger partial charge in [0.15, 0.2) is 5.11 Å². The van der Waals surface area contributed by atoms with Crippen LogP contribution in [-0.4, -0.2) is 18.2 Å². The number of esters is 1. The van der Waals surface area contributed by atoms with Crippen LogP contribution in [0.3, 0.4) is 0 Å². The molecule has 0 saturated carbocycles. The number of methoxy groups -OCH3 is 1. The van der Waals surface area contributed by atoms with Gasteiger partial charge >= 0.3 is 5.97 Å². The number of ether oxygens (including phenoxy) is 1. The van der Waals surface area contributed by atoms with E-state index in [1.807, 2.05) is 6.92 Å².